The summed E-state index contributed by atoms with van der Waals surface area (Å²) >= 11 is 7.57. The molecule has 25 heavy (non-hydrogen) atoms. The molecule has 0 aliphatic rings. The van der Waals surface area contributed by atoms with Crippen LogP contribution in [0.5, 0.6) is 0 Å². The van der Waals surface area contributed by atoms with E-state index in [2.05, 4.69) is 4.98 Å². The molecule has 0 atom stereocenters. The molecule has 0 saturated heterocycles. The van der Waals surface area contributed by atoms with E-state index in [1.165, 1.54) is 11.3 Å². The molecule has 1 heterocycles. The van der Waals surface area contributed by atoms with Crippen LogP contribution in [-0.2, 0) is 0 Å². The number of hydrogen-bond donors (Lipinski definition) is 0. The fourth-order valence-electron chi connectivity index (χ4n) is 2.34. The molecule has 3 aromatic rings. The minimum Gasteiger partial charge on any atom is -0.308 e. The van der Waals surface area contributed by atoms with Crippen LogP contribution in [-0.4, -0.2) is 43.0 Å². The highest BCUT2D eigenvalue weighted by Gasteiger charge is 2.21. The summed E-state index contributed by atoms with van der Waals surface area (Å²) < 4.78 is 1.07. The maximum absolute atomic E-state index is 13.0. The first kappa shape index (κ1) is 19.7. The molecule has 0 unspecified atom stereocenters. The van der Waals surface area contributed by atoms with Gasteiger partial charge < -0.3 is 4.90 Å². The van der Waals surface area contributed by atoms with Gasteiger partial charge in [0.2, 0.25) is 0 Å². The van der Waals surface area contributed by atoms with Crippen LogP contribution >= 0.6 is 35.3 Å². The van der Waals surface area contributed by atoms with Crippen molar-refractivity contribution in [2.75, 3.05) is 32.1 Å². The minimum atomic E-state index is -0.0848. The quantitative estimate of drug-likeness (QED) is 0.634. The number of halogens is 2. The Hall–Kier alpha value is -1.66. The fourth-order valence-corrected chi connectivity index (χ4v) is 3.52. The van der Waals surface area contributed by atoms with Crippen molar-refractivity contribution in [2.24, 2.45) is 0 Å². The number of para-hydroxylation sites is 1. The largest absolute Gasteiger partial charge is 0.308 e. The van der Waals surface area contributed by atoms with E-state index in [4.69, 9.17) is 11.6 Å². The number of anilines is 1. The lowest BCUT2D eigenvalue weighted by Crippen LogP contribution is -2.36. The maximum atomic E-state index is 13.0. The van der Waals surface area contributed by atoms with Gasteiger partial charge in [0.05, 0.1) is 10.2 Å². The summed E-state index contributed by atoms with van der Waals surface area (Å²) in [6.45, 7) is 1.32. The number of hydrogen-bond acceptors (Lipinski definition) is 4. The Kier molecular flexibility index (Phi) is 6.79. The van der Waals surface area contributed by atoms with Gasteiger partial charge in [-0.15, -0.1) is 12.4 Å². The van der Waals surface area contributed by atoms with Crippen LogP contribution in [0.3, 0.4) is 0 Å². The molecule has 3 rings (SSSR count). The monoisotopic (exact) mass is 395 g/mol. The van der Waals surface area contributed by atoms with Crippen molar-refractivity contribution < 1.29 is 4.79 Å². The minimum absolute atomic E-state index is 0. The van der Waals surface area contributed by atoms with E-state index in [1.807, 2.05) is 43.3 Å². The van der Waals surface area contributed by atoms with E-state index in [0.717, 1.165) is 16.8 Å². The predicted molar refractivity (Wildman–Crippen MR) is 109 cm³/mol. The second-order valence-corrected chi connectivity index (χ2v) is 7.18. The number of carbonyl (C=O) groups is 1. The van der Waals surface area contributed by atoms with Crippen LogP contribution in [0, 0.1) is 0 Å². The van der Waals surface area contributed by atoms with E-state index < -0.39 is 0 Å². The number of thiazole rings is 1. The number of fused-ring (bicyclic) bond motifs is 1. The van der Waals surface area contributed by atoms with Gasteiger partial charge in [0.1, 0.15) is 0 Å². The van der Waals surface area contributed by atoms with E-state index in [9.17, 15) is 4.79 Å². The zero-order valence-electron chi connectivity index (χ0n) is 14.0. The van der Waals surface area contributed by atoms with Gasteiger partial charge in [-0.25, -0.2) is 4.98 Å². The maximum Gasteiger partial charge on any atom is 0.260 e. The van der Waals surface area contributed by atoms with Gasteiger partial charge in [-0.1, -0.05) is 41.1 Å². The SMILES string of the molecule is CN(C)CCN(C(=O)c1cccc(Cl)c1)c1nc2ccccc2s1.Cl. The third-order valence-corrected chi connectivity index (χ3v) is 4.90. The van der Waals surface area contributed by atoms with Gasteiger partial charge in [-0.2, -0.15) is 0 Å². The third kappa shape index (κ3) is 4.70. The molecule has 1 amide bonds. The van der Waals surface area contributed by atoms with Crippen molar-refractivity contribution in [1.82, 2.24) is 9.88 Å². The summed E-state index contributed by atoms with van der Waals surface area (Å²) in [5, 5.41) is 1.26. The molecule has 0 N–H and O–H groups in total. The molecule has 7 heteroatoms. The van der Waals surface area contributed by atoms with Crippen LogP contribution in [0.25, 0.3) is 10.2 Å². The Labute approximate surface area is 162 Å². The first-order valence-electron chi connectivity index (χ1n) is 7.62. The fraction of sp³-hybridized carbons (Fsp3) is 0.222. The summed E-state index contributed by atoms with van der Waals surface area (Å²) in [4.78, 5) is 21.4. The molecule has 0 aliphatic carbocycles. The molecule has 0 spiro atoms. The highest BCUT2D eigenvalue weighted by Crippen LogP contribution is 2.29. The molecule has 0 saturated carbocycles. The Morgan fingerprint density at radius 3 is 2.56 bits per heavy atom. The van der Waals surface area contributed by atoms with Crippen molar-refractivity contribution in [2.45, 2.75) is 0 Å². The van der Waals surface area contributed by atoms with Gasteiger partial charge in [0.25, 0.3) is 5.91 Å². The predicted octanol–water partition coefficient (Wildman–Crippen LogP) is 4.58. The van der Waals surface area contributed by atoms with Crippen LogP contribution in [0.4, 0.5) is 5.13 Å². The van der Waals surface area contributed by atoms with E-state index in [0.29, 0.717) is 22.3 Å². The zero-order valence-corrected chi connectivity index (χ0v) is 16.4. The van der Waals surface area contributed by atoms with Crippen molar-refractivity contribution in [1.29, 1.82) is 0 Å². The van der Waals surface area contributed by atoms with Gasteiger partial charge in [-0.3, -0.25) is 9.69 Å². The summed E-state index contributed by atoms with van der Waals surface area (Å²) in [6.07, 6.45) is 0. The van der Waals surface area contributed by atoms with Crippen molar-refractivity contribution in [3.05, 3.63) is 59.1 Å². The molecule has 0 aliphatic heterocycles. The lowest BCUT2D eigenvalue weighted by Gasteiger charge is -2.22. The molecule has 0 fully saturated rings. The van der Waals surface area contributed by atoms with E-state index in [1.54, 1.807) is 29.2 Å². The number of aromatic nitrogens is 1. The van der Waals surface area contributed by atoms with Gasteiger partial charge in [0.15, 0.2) is 5.13 Å². The average molecular weight is 396 g/mol. The van der Waals surface area contributed by atoms with Crippen LogP contribution < -0.4 is 4.90 Å². The highest BCUT2D eigenvalue weighted by atomic mass is 35.5. The smallest absolute Gasteiger partial charge is 0.260 e. The van der Waals surface area contributed by atoms with Crippen LogP contribution in [0.15, 0.2) is 48.5 Å². The number of rotatable bonds is 5. The first-order chi connectivity index (χ1) is 11.5. The number of likely N-dealkylation sites (N-methyl/N-ethyl adjacent to an activating group) is 1. The summed E-state index contributed by atoms with van der Waals surface area (Å²) in [7, 11) is 3.97. The first-order valence-corrected chi connectivity index (χ1v) is 8.82. The summed E-state index contributed by atoms with van der Waals surface area (Å²) in [5.74, 6) is -0.0848. The van der Waals surface area contributed by atoms with Gasteiger partial charge in [0, 0.05) is 23.7 Å². The van der Waals surface area contributed by atoms with Gasteiger partial charge in [-0.05, 0) is 44.4 Å². The molecule has 4 nitrogen and oxygen atoms in total. The number of nitrogens with zero attached hydrogens (tertiary/aromatic N) is 3. The molecular weight excluding hydrogens is 377 g/mol. The number of carbonyl (C=O) groups excluding carboxylic acids is 1. The lowest BCUT2D eigenvalue weighted by atomic mass is 10.2. The Morgan fingerprint density at radius 1 is 1.12 bits per heavy atom. The van der Waals surface area contributed by atoms with Crippen LogP contribution in [0.2, 0.25) is 5.02 Å². The van der Waals surface area contributed by atoms with E-state index >= 15 is 0 Å². The summed E-state index contributed by atoms with van der Waals surface area (Å²) in [5.41, 5.74) is 1.48. The molecule has 132 valence electrons. The Balaban J connectivity index is 0.00000225. The topological polar surface area (TPSA) is 36.4 Å². The van der Waals surface area contributed by atoms with Gasteiger partial charge >= 0.3 is 0 Å². The Morgan fingerprint density at radius 2 is 1.88 bits per heavy atom. The molecular formula is C18H19Cl2N3OS. The van der Waals surface area contributed by atoms with E-state index in [-0.39, 0.29) is 18.3 Å². The molecule has 1 aromatic heterocycles. The second kappa shape index (κ2) is 8.63. The summed E-state index contributed by atoms with van der Waals surface area (Å²) in [6, 6.07) is 14.9. The van der Waals surface area contributed by atoms with Crippen LogP contribution in [0.1, 0.15) is 10.4 Å². The van der Waals surface area contributed by atoms with Crippen molar-refractivity contribution in [3.8, 4) is 0 Å². The molecule has 0 radical (unpaired) electrons. The average Bonchev–Trinajstić information content (AvgIpc) is 2.98. The molecule has 0 bridgehead atoms. The normalized spacial score (nSPS) is 10.7. The van der Waals surface area contributed by atoms with Crippen molar-refractivity contribution in [3.63, 3.8) is 0 Å². The zero-order chi connectivity index (χ0) is 17.1. The lowest BCUT2D eigenvalue weighted by molar-refractivity contribution is 0.0985. The third-order valence-electron chi connectivity index (χ3n) is 3.60. The van der Waals surface area contributed by atoms with Crippen molar-refractivity contribution >= 4 is 56.6 Å². The standard InChI is InChI=1S/C18H18ClN3OS.ClH/c1-21(2)10-11-22(17(23)13-6-5-7-14(19)12-13)18-20-15-8-3-4-9-16(15)24-18;/h3-9,12H,10-11H2,1-2H3;1H. The number of amides is 1. The molecule has 2 aromatic carbocycles. The number of benzene rings is 2. The Bertz CT molecular complexity index is 833. The second-order valence-electron chi connectivity index (χ2n) is 5.73. The highest BCUT2D eigenvalue weighted by molar-refractivity contribution is 7.22.